The molecule has 4 nitrogen and oxygen atoms in total. The van der Waals surface area contributed by atoms with Crippen LogP contribution in [-0.4, -0.2) is 24.3 Å². The molecule has 0 saturated heterocycles. The number of amides is 1. The summed E-state index contributed by atoms with van der Waals surface area (Å²) in [7, 11) is 0. The van der Waals surface area contributed by atoms with E-state index in [1.165, 1.54) is 0 Å². The van der Waals surface area contributed by atoms with Gasteiger partial charge in [0.15, 0.2) is 0 Å². The molecule has 0 fully saturated rings. The standard InChI is InChI=1S/C12H18F2N2O2S/c1-8(2)16-11(17)6-15-5-9-3-4-10(18-9)7-19-12(13)14/h3-4,8,12,15H,5-7H2,1-2H3,(H,16,17). The zero-order valence-corrected chi connectivity index (χ0v) is 11.7. The van der Waals surface area contributed by atoms with Crippen LogP contribution in [-0.2, 0) is 17.1 Å². The van der Waals surface area contributed by atoms with Crippen LogP contribution in [0.5, 0.6) is 0 Å². The summed E-state index contributed by atoms with van der Waals surface area (Å²) in [6.45, 7) is 4.36. The molecule has 0 aliphatic heterocycles. The molecular weight excluding hydrogens is 274 g/mol. The molecule has 0 aromatic carbocycles. The van der Waals surface area contributed by atoms with Crippen molar-refractivity contribution in [2.24, 2.45) is 0 Å². The molecule has 1 amide bonds. The van der Waals surface area contributed by atoms with Crippen molar-refractivity contribution < 1.29 is 18.0 Å². The maximum absolute atomic E-state index is 12.0. The van der Waals surface area contributed by atoms with E-state index >= 15 is 0 Å². The maximum Gasteiger partial charge on any atom is 0.284 e. The van der Waals surface area contributed by atoms with Gasteiger partial charge < -0.3 is 15.1 Å². The summed E-state index contributed by atoms with van der Waals surface area (Å²) < 4.78 is 29.3. The van der Waals surface area contributed by atoms with Crippen LogP contribution in [0.1, 0.15) is 25.4 Å². The van der Waals surface area contributed by atoms with E-state index in [4.69, 9.17) is 4.42 Å². The van der Waals surface area contributed by atoms with Crippen molar-refractivity contribution in [1.29, 1.82) is 0 Å². The molecule has 0 aliphatic carbocycles. The summed E-state index contributed by atoms with van der Waals surface area (Å²) in [6, 6.07) is 3.49. The number of furan rings is 1. The highest BCUT2D eigenvalue weighted by atomic mass is 32.2. The summed E-state index contributed by atoms with van der Waals surface area (Å²) in [5.74, 6) is -1.21. The average Bonchev–Trinajstić information content (AvgIpc) is 2.73. The fourth-order valence-corrected chi connectivity index (χ4v) is 1.86. The van der Waals surface area contributed by atoms with Crippen molar-refractivity contribution in [2.75, 3.05) is 6.54 Å². The zero-order chi connectivity index (χ0) is 14.3. The Kier molecular flexibility index (Phi) is 6.86. The molecule has 0 bridgehead atoms. The molecule has 0 radical (unpaired) electrons. The van der Waals surface area contributed by atoms with E-state index in [2.05, 4.69) is 10.6 Å². The lowest BCUT2D eigenvalue weighted by molar-refractivity contribution is -0.120. The summed E-state index contributed by atoms with van der Waals surface area (Å²) in [4.78, 5) is 11.3. The van der Waals surface area contributed by atoms with Crippen LogP contribution >= 0.6 is 11.8 Å². The Morgan fingerprint density at radius 1 is 1.37 bits per heavy atom. The van der Waals surface area contributed by atoms with Crippen LogP contribution in [0.15, 0.2) is 16.5 Å². The third kappa shape index (κ3) is 7.17. The first kappa shape index (κ1) is 16.0. The van der Waals surface area contributed by atoms with Crippen LogP contribution in [0, 0.1) is 0 Å². The topological polar surface area (TPSA) is 54.3 Å². The van der Waals surface area contributed by atoms with E-state index in [0.717, 1.165) is 0 Å². The molecule has 0 unspecified atom stereocenters. The molecule has 7 heteroatoms. The van der Waals surface area contributed by atoms with Gasteiger partial charge in [0.2, 0.25) is 5.91 Å². The lowest BCUT2D eigenvalue weighted by Crippen LogP contribution is -2.37. The third-order valence-corrected chi connectivity index (χ3v) is 2.81. The molecule has 1 aromatic heterocycles. The molecule has 19 heavy (non-hydrogen) atoms. The fraction of sp³-hybridized carbons (Fsp3) is 0.583. The van der Waals surface area contributed by atoms with Gasteiger partial charge in [0.05, 0.1) is 18.8 Å². The zero-order valence-electron chi connectivity index (χ0n) is 10.9. The summed E-state index contributed by atoms with van der Waals surface area (Å²) in [5, 5.41) is 5.67. The highest BCUT2D eigenvalue weighted by Crippen LogP contribution is 2.21. The Bertz CT molecular complexity index is 397. The summed E-state index contributed by atoms with van der Waals surface area (Å²) in [6.07, 6.45) is 0. The van der Waals surface area contributed by atoms with Crippen LogP contribution in [0.25, 0.3) is 0 Å². The van der Waals surface area contributed by atoms with Crippen LogP contribution in [0.4, 0.5) is 8.78 Å². The van der Waals surface area contributed by atoms with E-state index in [1.54, 1.807) is 12.1 Å². The Morgan fingerprint density at radius 3 is 2.68 bits per heavy atom. The predicted molar refractivity (Wildman–Crippen MR) is 71.0 cm³/mol. The van der Waals surface area contributed by atoms with E-state index in [0.29, 0.717) is 29.8 Å². The quantitative estimate of drug-likeness (QED) is 0.772. The molecule has 0 spiro atoms. The SMILES string of the molecule is CC(C)NC(=O)CNCc1ccc(CSC(F)F)o1. The second-order valence-corrected chi connectivity index (χ2v) is 5.24. The van der Waals surface area contributed by atoms with Gasteiger partial charge in [-0.25, -0.2) is 0 Å². The lowest BCUT2D eigenvalue weighted by Gasteiger charge is -2.08. The van der Waals surface area contributed by atoms with E-state index in [1.807, 2.05) is 13.8 Å². The predicted octanol–water partition coefficient (Wildman–Crippen LogP) is 2.35. The van der Waals surface area contributed by atoms with Crippen molar-refractivity contribution >= 4 is 17.7 Å². The Hall–Kier alpha value is -1.08. The van der Waals surface area contributed by atoms with Gasteiger partial charge in [0, 0.05) is 6.04 Å². The van der Waals surface area contributed by atoms with Crippen molar-refractivity contribution in [3.63, 3.8) is 0 Å². The first-order chi connectivity index (χ1) is 8.97. The number of halogens is 2. The average molecular weight is 292 g/mol. The highest BCUT2D eigenvalue weighted by Gasteiger charge is 2.08. The van der Waals surface area contributed by atoms with Gasteiger partial charge in [-0.15, -0.1) is 0 Å². The molecule has 0 atom stereocenters. The molecule has 108 valence electrons. The van der Waals surface area contributed by atoms with E-state index in [9.17, 15) is 13.6 Å². The number of thioether (sulfide) groups is 1. The van der Waals surface area contributed by atoms with Gasteiger partial charge >= 0.3 is 0 Å². The van der Waals surface area contributed by atoms with Gasteiger partial charge in [0.25, 0.3) is 5.76 Å². The molecule has 0 aliphatic rings. The third-order valence-electron chi connectivity index (χ3n) is 2.10. The normalized spacial score (nSPS) is 11.3. The van der Waals surface area contributed by atoms with Gasteiger partial charge in [-0.3, -0.25) is 4.79 Å². The van der Waals surface area contributed by atoms with Crippen molar-refractivity contribution in [3.8, 4) is 0 Å². The molecule has 1 rings (SSSR count). The van der Waals surface area contributed by atoms with E-state index in [-0.39, 0.29) is 24.2 Å². The Balaban J connectivity index is 2.24. The van der Waals surface area contributed by atoms with Crippen LogP contribution < -0.4 is 10.6 Å². The molecule has 0 saturated carbocycles. The van der Waals surface area contributed by atoms with Gasteiger partial charge in [0.1, 0.15) is 11.5 Å². The summed E-state index contributed by atoms with van der Waals surface area (Å²) in [5.41, 5.74) is 0. The molecule has 2 N–H and O–H groups in total. The van der Waals surface area contributed by atoms with Gasteiger partial charge in [-0.1, -0.05) is 11.8 Å². The van der Waals surface area contributed by atoms with Crippen LogP contribution in [0.3, 0.4) is 0 Å². The number of nitrogens with one attached hydrogen (secondary N) is 2. The minimum atomic E-state index is -2.40. The number of alkyl halides is 2. The van der Waals surface area contributed by atoms with Crippen LogP contribution in [0.2, 0.25) is 0 Å². The maximum atomic E-state index is 12.0. The fourth-order valence-electron chi connectivity index (χ4n) is 1.41. The van der Waals surface area contributed by atoms with Crippen molar-refractivity contribution in [1.82, 2.24) is 10.6 Å². The number of carbonyl (C=O) groups excluding carboxylic acids is 1. The lowest BCUT2D eigenvalue weighted by atomic mass is 10.4. The van der Waals surface area contributed by atoms with Gasteiger partial charge in [-0.05, 0) is 26.0 Å². The minimum Gasteiger partial charge on any atom is -0.464 e. The summed E-state index contributed by atoms with van der Waals surface area (Å²) >= 11 is 0.522. The Morgan fingerprint density at radius 2 is 2.05 bits per heavy atom. The second kappa shape index (κ2) is 8.16. The highest BCUT2D eigenvalue weighted by molar-refractivity contribution is 7.98. The number of hydrogen-bond donors (Lipinski definition) is 2. The Labute approximate surface area is 115 Å². The molecular formula is C12H18F2N2O2S. The minimum absolute atomic E-state index is 0.0879. The second-order valence-electron chi connectivity index (χ2n) is 4.27. The monoisotopic (exact) mass is 292 g/mol. The van der Waals surface area contributed by atoms with Crippen molar-refractivity contribution in [2.45, 2.75) is 37.9 Å². The number of rotatable bonds is 8. The molecule has 1 heterocycles. The molecule has 1 aromatic rings. The largest absolute Gasteiger partial charge is 0.464 e. The van der Waals surface area contributed by atoms with Crippen molar-refractivity contribution in [3.05, 3.63) is 23.7 Å². The smallest absolute Gasteiger partial charge is 0.284 e. The van der Waals surface area contributed by atoms with E-state index < -0.39 is 5.76 Å². The number of carbonyl (C=O) groups is 1. The van der Waals surface area contributed by atoms with Gasteiger partial charge in [-0.2, -0.15) is 8.78 Å². The number of hydrogen-bond acceptors (Lipinski definition) is 4. The first-order valence-corrected chi connectivity index (χ1v) is 6.99. The first-order valence-electron chi connectivity index (χ1n) is 5.95.